The first-order valence-electron chi connectivity index (χ1n) is 11.0. The average Bonchev–Trinajstić information content (AvgIpc) is 3.69. The van der Waals surface area contributed by atoms with Crippen molar-refractivity contribution in [2.24, 2.45) is 0 Å². The van der Waals surface area contributed by atoms with Crippen molar-refractivity contribution in [1.82, 2.24) is 9.97 Å². The van der Waals surface area contributed by atoms with Crippen LogP contribution in [0.5, 0.6) is 0 Å². The summed E-state index contributed by atoms with van der Waals surface area (Å²) in [4.78, 5) is 10.1. The quantitative estimate of drug-likeness (QED) is 0.214. The molecule has 1 aliphatic carbocycles. The Hall–Kier alpha value is -3.81. The van der Waals surface area contributed by atoms with Crippen LogP contribution in [0.25, 0.3) is 17.1 Å². The Morgan fingerprint density at radius 1 is 0.941 bits per heavy atom. The van der Waals surface area contributed by atoms with Gasteiger partial charge in [-0.2, -0.15) is 4.72 Å². The van der Waals surface area contributed by atoms with Crippen molar-refractivity contribution in [3.05, 3.63) is 101 Å². The summed E-state index contributed by atoms with van der Waals surface area (Å²) in [5.74, 6) is 1.22. The summed E-state index contributed by atoms with van der Waals surface area (Å²) >= 11 is -1.50. The number of nitrogens with one attached hydrogen (secondary N) is 2. The van der Waals surface area contributed by atoms with Crippen LogP contribution in [0.4, 0.5) is 17.3 Å². The molecule has 170 valence electrons. The molecule has 4 aromatic rings. The highest BCUT2D eigenvalue weighted by Gasteiger charge is 2.18. The van der Waals surface area contributed by atoms with Gasteiger partial charge in [-0.15, -0.1) is 0 Å². The van der Waals surface area contributed by atoms with Crippen molar-refractivity contribution < 1.29 is 9.66 Å². The number of hydrogen-bond donors (Lipinski definition) is 3. The number of benzene rings is 3. The first-order chi connectivity index (χ1) is 16.5. The standard InChI is InChI=1S/C27H24N4O2S/c1-18-9-14-22(15-10-18)34(33)31-27-26(29-23-7-2-3-8-24(23)30-27)28-21-6-4-5-19(17-21)11-16-25(32)20-12-13-20/h2-11,14-17,32H,12-13H2,1H3,(H,28,29)(H,30,31)/b16-11+. The summed E-state index contributed by atoms with van der Waals surface area (Å²) in [7, 11) is 0. The molecule has 1 fully saturated rings. The molecule has 0 radical (unpaired) electrons. The van der Waals surface area contributed by atoms with E-state index in [1.165, 1.54) is 0 Å². The zero-order valence-corrected chi connectivity index (χ0v) is 19.5. The number of aliphatic hydroxyl groups is 1. The smallest absolute Gasteiger partial charge is 0.214 e. The number of para-hydroxylation sites is 2. The molecule has 34 heavy (non-hydrogen) atoms. The van der Waals surface area contributed by atoms with Crippen LogP contribution in [0.3, 0.4) is 0 Å². The lowest BCUT2D eigenvalue weighted by Gasteiger charge is -2.15. The second-order valence-corrected chi connectivity index (χ2v) is 9.38. The minimum atomic E-state index is -1.50. The van der Waals surface area contributed by atoms with Crippen LogP contribution in [0.15, 0.2) is 95.1 Å². The maximum Gasteiger partial charge on any atom is 0.214 e. The molecular weight excluding hydrogens is 444 g/mol. The Morgan fingerprint density at radius 3 is 2.35 bits per heavy atom. The van der Waals surface area contributed by atoms with Gasteiger partial charge in [0, 0.05) is 5.69 Å². The third-order valence-corrected chi connectivity index (χ3v) is 6.52. The van der Waals surface area contributed by atoms with E-state index in [4.69, 9.17) is 4.98 Å². The van der Waals surface area contributed by atoms with Gasteiger partial charge in [0.2, 0.25) is 5.82 Å². The normalized spacial score (nSPS) is 13.8. The predicted octanol–water partition coefficient (Wildman–Crippen LogP) is 6.44. The van der Waals surface area contributed by atoms with Crippen LogP contribution in [-0.2, 0) is 11.4 Å². The van der Waals surface area contributed by atoms with Gasteiger partial charge in [0.1, 0.15) is 17.1 Å². The fourth-order valence-corrected chi connectivity index (χ4v) is 4.25. The molecule has 1 heterocycles. The molecule has 1 aromatic heterocycles. The Kier molecular flexibility index (Phi) is 6.20. The molecule has 0 aliphatic heterocycles. The topological polar surface area (TPSA) is 93.1 Å². The van der Waals surface area contributed by atoms with E-state index in [0.717, 1.165) is 40.7 Å². The SMILES string of the molecule is Cc1ccc([S+]([O-])Nc2nc3ccccc3nc2Nc2cccc(/C=C/C(O)=C3CC3)c2)cc1. The van der Waals surface area contributed by atoms with E-state index >= 15 is 0 Å². The number of nitrogens with zero attached hydrogens (tertiary/aromatic N) is 2. The highest BCUT2D eigenvalue weighted by atomic mass is 32.2. The molecule has 0 bridgehead atoms. The number of allylic oxidation sites excluding steroid dienone is 2. The number of aliphatic hydroxyl groups excluding tert-OH is 1. The third-order valence-electron chi connectivity index (χ3n) is 5.44. The van der Waals surface area contributed by atoms with Gasteiger partial charge in [-0.3, -0.25) is 0 Å². The van der Waals surface area contributed by atoms with Crippen molar-refractivity contribution in [2.75, 3.05) is 10.0 Å². The minimum Gasteiger partial charge on any atom is -0.588 e. The summed E-state index contributed by atoms with van der Waals surface area (Å²) in [6, 6.07) is 22.9. The molecule has 0 spiro atoms. The lowest BCUT2D eigenvalue weighted by molar-refractivity contribution is 0.430. The van der Waals surface area contributed by atoms with E-state index in [-0.39, 0.29) is 0 Å². The summed E-state index contributed by atoms with van der Waals surface area (Å²) in [5.41, 5.74) is 5.36. The monoisotopic (exact) mass is 468 g/mol. The zero-order chi connectivity index (χ0) is 23.5. The largest absolute Gasteiger partial charge is 0.588 e. The first-order valence-corrected chi connectivity index (χ1v) is 12.2. The molecule has 1 unspecified atom stereocenters. The lowest BCUT2D eigenvalue weighted by Crippen LogP contribution is -2.16. The molecule has 6 nitrogen and oxygen atoms in total. The van der Waals surface area contributed by atoms with Crippen molar-refractivity contribution >= 4 is 45.8 Å². The van der Waals surface area contributed by atoms with Crippen LogP contribution in [-0.4, -0.2) is 19.6 Å². The van der Waals surface area contributed by atoms with Gasteiger partial charge in [-0.1, -0.05) is 48.0 Å². The predicted molar refractivity (Wildman–Crippen MR) is 138 cm³/mol. The van der Waals surface area contributed by atoms with E-state index in [1.807, 2.05) is 85.8 Å². The minimum absolute atomic E-state index is 0.351. The van der Waals surface area contributed by atoms with Crippen molar-refractivity contribution in [2.45, 2.75) is 24.7 Å². The zero-order valence-electron chi connectivity index (χ0n) is 18.7. The number of hydrogen-bond acceptors (Lipinski definition) is 6. The fraction of sp³-hybridized carbons (Fsp3) is 0.111. The molecule has 1 aliphatic rings. The van der Waals surface area contributed by atoms with E-state index in [1.54, 1.807) is 6.08 Å². The van der Waals surface area contributed by atoms with Crippen LogP contribution < -0.4 is 10.0 Å². The number of aromatic nitrogens is 2. The fourth-order valence-electron chi connectivity index (χ4n) is 3.44. The van der Waals surface area contributed by atoms with Gasteiger partial charge in [0.05, 0.1) is 11.0 Å². The Bertz CT molecular complexity index is 1390. The van der Waals surface area contributed by atoms with E-state index in [0.29, 0.717) is 27.8 Å². The number of fused-ring (bicyclic) bond motifs is 1. The Balaban J connectivity index is 1.44. The van der Waals surface area contributed by atoms with Crippen LogP contribution >= 0.6 is 0 Å². The molecule has 1 atom stereocenters. The van der Waals surface area contributed by atoms with E-state index in [9.17, 15) is 9.66 Å². The molecule has 3 N–H and O–H groups in total. The second kappa shape index (κ2) is 9.59. The third kappa shape index (κ3) is 5.22. The van der Waals surface area contributed by atoms with Gasteiger partial charge in [-0.05, 0) is 73.4 Å². The molecule has 0 saturated heterocycles. The summed E-state index contributed by atoms with van der Waals surface area (Å²) in [6.07, 6.45) is 5.55. The van der Waals surface area contributed by atoms with Crippen molar-refractivity contribution in [1.29, 1.82) is 0 Å². The van der Waals surface area contributed by atoms with Crippen molar-refractivity contribution in [3.8, 4) is 0 Å². The summed E-state index contributed by atoms with van der Waals surface area (Å²) < 4.78 is 16.0. The van der Waals surface area contributed by atoms with Crippen LogP contribution in [0.1, 0.15) is 24.0 Å². The Morgan fingerprint density at radius 2 is 1.65 bits per heavy atom. The van der Waals surface area contributed by atoms with Crippen LogP contribution in [0.2, 0.25) is 0 Å². The van der Waals surface area contributed by atoms with Crippen molar-refractivity contribution in [3.63, 3.8) is 0 Å². The van der Waals surface area contributed by atoms with Gasteiger partial charge in [0.15, 0.2) is 10.7 Å². The number of anilines is 3. The maximum absolute atomic E-state index is 13.0. The highest BCUT2D eigenvalue weighted by molar-refractivity contribution is 7.92. The maximum atomic E-state index is 13.0. The molecule has 7 heteroatoms. The van der Waals surface area contributed by atoms with Gasteiger partial charge >= 0.3 is 0 Å². The van der Waals surface area contributed by atoms with Gasteiger partial charge in [-0.25, -0.2) is 9.97 Å². The Labute approximate surface area is 201 Å². The summed E-state index contributed by atoms with van der Waals surface area (Å²) in [6.45, 7) is 1.99. The van der Waals surface area contributed by atoms with Crippen LogP contribution in [0, 0.1) is 6.92 Å². The number of aryl methyl sites for hydroxylation is 1. The van der Waals surface area contributed by atoms with Gasteiger partial charge < -0.3 is 15.0 Å². The average molecular weight is 469 g/mol. The number of rotatable bonds is 7. The van der Waals surface area contributed by atoms with Gasteiger partial charge in [0.25, 0.3) is 0 Å². The molecule has 1 saturated carbocycles. The molecular formula is C27H24N4O2S. The first kappa shape index (κ1) is 22.0. The molecule has 0 amide bonds. The molecule has 5 rings (SSSR count). The lowest BCUT2D eigenvalue weighted by atomic mass is 10.2. The summed E-state index contributed by atoms with van der Waals surface area (Å²) in [5, 5.41) is 13.3. The second-order valence-electron chi connectivity index (χ2n) is 8.17. The highest BCUT2D eigenvalue weighted by Crippen LogP contribution is 2.31. The van der Waals surface area contributed by atoms with E-state index in [2.05, 4.69) is 15.0 Å². The molecule has 3 aromatic carbocycles. The van der Waals surface area contributed by atoms with E-state index < -0.39 is 11.4 Å².